The van der Waals surface area contributed by atoms with E-state index in [-0.39, 0.29) is 35.4 Å². The van der Waals surface area contributed by atoms with Gasteiger partial charge in [-0.1, -0.05) is 31.2 Å². The molecular formula is C32H33N5O6S. The summed E-state index contributed by atoms with van der Waals surface area (Å²) in [7, 11) is -2.00. The topological polar surface area (TPSA) is 151 Å². The van der Waals surface area contributed by atoms with Crippen LogP contribution in [0.3, 0.4) is 0 Å². The van der Waals surface area contributed by atoms with E-state index < -0.39 is 27.2 Å². The van der Waals surface area contributed by atoms with Crippen molar-refractivity contribution in [2.45, 2.75) is 54.8 Å². The van der Waals surface area contributed by atoms with Crippen molar-refractivity contribution >= 4 is 44.1 Å². The predicted octanol–water partition coefficient (Wildman–Crippen LogP) is 4.73. The van der Waals surface area contributed by atoms with Crippen LogP contribution >= 0.6 is 0 Å². The van der Waals surface area contributed by atoms with E-state index in [0.29, 0.717) is 52.7 Å². The molecule has 1 aliphatic carbocycles. The molecule has 2 aliphatic heterocycles. The molecule has 1 fully saturated rings. The molecule has 3 heterocycles. The van der Waals surface area contributed by atoms with Gasteiger partial charge in [0.1, 0.15) is 12.6 Å². The number of amides is 2. The Morgan fingerprint density at radius 2 is 1.75 bits per heavy atom. The van der Waals surface area contributed by atoms with Crippen molar-refractivity contribution < 1.29 is 22.7 Å². The lowest BCUT2D eigenvalue weighted by atomic mass is 9.94. The van der Waals surface area contributed by atoms with E-state index in [2.05, 4.69) is 20.6 Å². The fourth-order valence-corrected chi connectivity index (χ4v) is 7.39. The molecule has 3 N–H and O–H groups in total. The van der Waals surface area contributed by atoms with Gasteiger partial charge >= 0.3 is 6.09 Å². The number of nitrogens with one attached hydrogen (secondary N) is 3. The second-order valence-corrected chi connectivity index (χ2v) is 13.5. The summed E-state index contributed by atoms with van der Waals surface area (Å²) in [6.45, 7) is 2.12. The highest BCUT2D eigenvalue weighted by Gasteiger charge is 2.38. The molecule has 1 unspecified atom stereocenters. The second kappa shape index (κ2) is 11.8. The molecule has 2 amide bonds. The van der Waals surface area contributed by atoms with E-state index in [0.717, 1.165) is 5.56 Å². The van der Waals surface area contributed by atoms with E-state index in [1.54, 1.807) is 37.4 Å². The van der Waals surface area contributed by atoms with Crippen LogP contribution in [0.2, 0.25) is 0 Å². The highest BCUT2D eigenvalue weighted by Crippen LogP contribution is 2.36. The number of rotatable bonds is 5. The Bertz CT molecular complexity index is 1900. The van der Waals surface area contributed by atoms with Gasteiger partial charge in [-0.25, -0.2) is 18.2 Å². The smallest absolute Gasteiger partial charge is 0.411 e. The molecule has 4 aromatic rings. The maximum atomic E-state index is 14.2. The highest BCUT2D eigenvalue weighted by atomic mass is 32.2. The van der Waals surface area contributed by atoms with E-state index in [9.17, 15) is 22.8 Å². The summed E-state index contributed by atoms with van der Waals surface area (Å²) in [5.41, 5.74) is 3.16. The third-order valence-electron chi connectivity index (χ3n) is 8.21. The Morgan fingerprint density at radius 3 is 2.48 bits per heavy atom. The number of likely N-dealkylation sites (N-methyl/N-ethyl adjacent to an activating group) is 1. The Balaban J connectivity index is 1.42. The molecule has 4 bridgehead atoms. The molecule has 3 aromatic carbocycles. The van der Waals surface area contributed by atoms with E-state index in [1.807, 2.05) is 31.2 Å². The molecule has 1 aromatic heterocycles. The first kappa shape index (κ1) is 29.4. The van der Waals surface area contributed by atoms with Crippen LogP contribution in [0.1, 0.15) is 54.8 Å². The van der Waals surface area contributed by atoms with Gasteiger partial charge in [0.2, 0.25) is 5.91 Å². The number of carbonyl (C=O) groups excluding carboxylic acids is 2. The van der Waals surface area contributed by atoms with Crippen LogP contribution in [-0.4, -0.2) is 54.2 Å². The number of hydrogen-bond donors (Lipinski definition) is 3. The van der Waals surface area contributed by atoms with Crippen molar-refractivity contribution in [1.82, 2.24) is 14.9 Å². The van der Waals surface area contributed by atoms with Crippen molar-refractivity contribution in [1.29, 1.82) is 0 Å². The maximum Gasteiger partial charge on any atom is 0.411 e. The highest BCUT2D eigenvalue weighted by molar-refractivity contribution is 7.92. The van der Waals surface area contributed by atoms with Crippen molar-refractivity contribution in [3.8, 4) is 0 Å². The Labute approximate surface area is 254 Å². The van der Waals surface area contributed by atoms with Crippen molar-refractivity contribution in [3.05, 3.63) is 94.0 Å². The number of hydrogen-bond acceptors (Lipinski definition) is 8. The maximum absolute atomic E-state index is 14.2. The van der Waals surface area contributed by atoms with Crippen LogP contribution in [0.5, 0.6) is 0 Å². The minimum atomic E-state index is -3.61. The molecule has 1 saturated carbocycles. The molecule has 228 valence electrons. The number of ether oxygens (including phenoxy) is 1. The molecule has 2 atom stereocenters. The summed E-state index contributed by atoms with van der Waals surface area (Å²) in [5, 5.41) is 5.93. The van der Waals surface area contributed by atoms with Gasteiger partial charge in [-0.15, -0.1) is 0 Å². The van der Waals surface area contributed by atoms with Crippen molar-refractivity contribution in [2.75, 3.05) is 24.3 Å². The van der Waals surface area contributed by atoms with Crippen LogP contribution < -0.4 is 16.2 Å². The van der Waals surface area contributed by atoms with E-state index in [4.69, 9.17) is 4.74 Å². The van der Waals surface area contributed by atoms with Crippen molar-refractivity contribution in [2.24, 2.45) is 0 Å². The fraction of sp³-hybridized carbons (Fsp3) is 0.312. The number of nitrogens with zero attached hydrogens (tertiary/aromatic N) is 2. The number of carbonyl (C=O) groups is 2. The van der Waals surface area contributed by atoms with Crippen LogP contribution in [0.15, 0.2) is 76.7 Å². The van der Waals surface area contributed by atoms with Gasteiger partial charge in [-0.2, -0.15) is 0 Å². The third-order valence-corrected chi connectivity index (χ3v) is 10.6. The zero-order chi connectivity index (χ0) is 31.0. The number of benzene rings is 3. The van der Waals surface area contributed by atoms with Crippen LogP contribution in [0, 0.1) is 0 Å². The molecule has 7 rings (SSSR count). The summed E-state index contributed by atoms with van der Waals surface area (Å²) in [6, 6.07) is 16.4. The monoisotopic (exact) mass is 615 g/mol. The van der Waals surface area contributed by atoms with Gasteiger partial charge in [0.15, 0.2) is 9.84 Å². The Hall–Kier alpha value is -4.71. The minimum absolute atomic E-state index is 0.0276. The summed E-state index contributed by atoms with van der Waals surface area (Å²) < 4.78 is 32.2. The molecule has 12 heteroatoms. The lowest BCUT2D eigenvalue weighted by molar-refractivity contribution is -0.131. The number of anilines is 2. The summed E-state index contributed by atoms with van der Waals surface area (Å²) in [4.78, 5) is 47.7. The molecular weight excluding hydrogens is 582 g/mol. The van der Waals surface area contributed by atoms with E-state index >= 15 is 0 Å². The van der Waals surface area contributed by atoms with Gasteiger partial charge < -0.3 is 19.9 Å². The lowest BCUT2D eigenvalue weighted by Gasteiger charge is -2.27. The first-order valence-corrected chi connectivity index (χ1v) is 16.1. The predicted molar refractivity (Wildman–Crippen MR) is 166 cm³/mol. The van der Waals surface area contributed by atoms with E-state index in [1.165, 1.54) is 17.3 Å². The largest absolute Gasteiger partial charge is 0.449 e. The van der Waals surface area contributed by atoms with Gasteiger partial charge in [0, 0.05) is 30.9 Å². The molecule has 11 nitrogen and oxygen atoms in total. The summed E-state index contributed by atoms with van der Waals surface area (Å²) >= 11 is 0. The first-order chi connectivity index (χ1) is 21.1. The van der Waals surface area contributed by atoms with Gasteiger partial charge in [0.25, 0.3) is 5.56 Å². The SMILES string of the molecule is CC[C@H]1COC(=O)Nc2ccc(S(=O)(=O)C3CC3)c(c2)CN(C)C(=O)C(Nc2ccc3nc[nH]c(=O)c3c2)c2ccc1cc2. The standard InChI is InChI=1S/C32H33N5O6S/c1-3-19-17-43-32(40)36-23-9-13-28(44(41,42)25-10-11-25)22(14-23)16-37(2)31(39)29(21-6-4-20(19)5-7-21)35-24-8-12-27-26(15-24)30(38)34-18-33-27/h4-9,12-15,18-19,25,29,35H,3,10-11,16-17H2,1-2H3,(H,36,40)(H,33,34,38)/t19-,29?/m0/s1. The molecule has 44 heavy (non-hydrogen) atoms. The zero-order valence-corrected chi connectivity index (χ0v) is 25.2. The number of aromatic nitrogens is 2. The van der Waals surface area contributed by atoms with Gasteiger partial charge in [-0.05, 0) is 72.4 Å². The zero-order valence-electron chi connectivity index (χ0n) is 24.4. The summed E-state index contributed by atoms with van der Waals surface area (Å²) in [6.07, 6.45) is 2.59. The van der Waals surface area contributed by atoms with Crippen molar-refractivity contribution in [3.63, 3.8) is 0 Å². The molecule has 3 aliphatic rings. The normalized spacial score (nSPS) is 19.5. The second-order valence-electron chi connectivity index (χ2n) is 11.3. The summed E-state index contributed by atoms with van der Waals surface area (Å²) in [5.74, 6) is -0.390. The van der Waals surface area contributed by atoms with Gasteiger partial charge in [0.05, 0.1) is 27.4 Å². The fourth-order valence-electron chi connectivity index (χ4n) is 5.52. The average Bonchev–Trinajstić information content (AvgIpc) is 3.87. The Morgan fingerprint density at radius 1 is 1.00 bits per heavy atom. The van der Waals surface area contributed by atoms with Crippen LogP contribution in [-0.2, 0) is 25.9 Å². The van der Waals surface area contributed by atoms with Gasteiger partial charge in [-0.3, -0.25) is 14.9 Å². The van der Waals surface area contributed by atoms with Crippen LogP contribution in [0.25, 0.3) is 10.9 Å². The Kier molecular flexibility index (Phi) is 7.85. The van der Waals surface area contributed by atoms with Crippen LogP contribution in [0.4, 0.5) is 16.2 Å². The number of fused-ring (bicyclic) bond motifs is 10. The average molecular weight is 616 g/mol. The minimum Gasteiger partial charge on any atom is -0.449 e. The number of H-pyrrole nitrogens is 1. The molecule has 0 spiro atoms. The molecule has 0 saturated heterocycles. The number of sulfone groups is 1. The lowest BCUT2D eigenvalue weighted by Crippen LogP contribution is -2.35. The number of aromatic amines is 1. The first-order valence-electron chi connectivity index (χ1n) is 14.5. The molecule has 0 radical (unpaired) electrons. The third kappa shape index (κ3) is 5.89. The quantitative estimate of drug-likeness (QED) is 0.292.